The van der Waals surface area contributed by atoms with Crippen LogP contribution in [0.25, 0.3) is 0 Å². The predicted octanol–water partition coefficient (Wildman–Crippen LogP) is 3.83. The third-order valence-electron chi connectivity index (χ3n) is 5.18. The topological polar surface area (TPSA) is 32.3 Å². The number of nitrogens with one attached hydrogen (secondary N) is 1. The van der Waals surface area contributed by atoms with Gasteiger partial charge in [-0.3, -0.25) is 4.79 Å². The van der Waals surface area contributed by atoms with Crippen molar-refractivity contribution in [2.24, 2.45) is 5.92 Å². The first kappa shape index (κ1) is 14.4. The lowest BCUT2D eigenvalue weighted by Crippen LogP contribution is -2.39. The Morgan fingerprint density at radius 2 is 1.95 bits per heavy atom. The highest BCUT2D eigenvalue weighted by atomic mass is 16.2. The molecule has 114 valence electrons. The highest BCUT2D eigenvalue weighted by molar-refractivity contribution is 6.00. The van der Waals surface area contributed by atoms with Gasteiger partial charge in [0.15, 0.2) is 0 Å². The SMILES string of the molecule is CNc1ccc(C)cc1C(=O)N1CCCC1C1CCCC1. The number of hydrogen-bond acceptors (Lipinski definition) is 2. The average Bonchev–Trinajstić information content (AvgIpc) is 3.16. The van der Waals surface area contributed by atoms with E-state index in [0.29, 0.717) is 6.04 Å². The quantitative estimate of drug-likeness (QED) is 0.916. The fourth-order valence-corrected chi connectivity index (χ4v) is 4.08. The molecule has 2 fully saturated rings. The molecule has 2 aliphatic rings. The largest absolute Gasteiger partial charge is 0.387 e. The van der Waals surface area contributed by atoms with Crippen molar-refractivity contribution in [3.05, 3.63) is 29.3 Å². The summed E-state index contributed by atoms with van der Waals surface area (Å²) < 4.78 is 0. The number of benzene rings is 1. The van der Waals surface area contributed by atoms with Crippen molar-refractivity contribution in [3.63, 3.8) is 0 Å². The number of aryl methyl sites for hydroxylation is 1. The zero-order chi connectivity index (χ0) is 14.8. The van der Waals surface area contributed by atoms with E-state index in [1.54, 1.807) is 0 Å². The summed E-state index contributed by atoms with van der Waals surface area (Å²) in [5.41, 5.74) is 2.93. The van der Waals surface area contributed by atoms with Crippen molar-refractivity contribution < 1.29 is 4.79 Å². The van der Waals surface area contributed by atoms with Gasteiger partial charge in [0.05, 0.1) is 5.56 Å². The number of carbonyl (C=O) groups is 1. The van der Waals surface area contributed by atoms with Crippen molar-refractivity contribution >= 4 is 11.6 Å². The van der Waals surface area contributed by atoms with E-state index in [-0.39, 0.29) is 5.91 Å². The molecule has 3 rings (SSSR count). The molecule has 1 aliphatic carbocycles. The smallest absolute Gasteiger partial charge is 0.256 e. The van der Waals surface area contributed by atoms with Gasteiger partial charge in [0.25, 0.3) is 5.91 Å². The molecule has 1 saturated carbocycles. The molecule has 0 radical (unpaired) electrons. The molecule has 1 saturated heterocycles. The third kappa shape index (κ3) is 2.78. The molecule has 1 heterocycles. The number of anilines is 1. The molecule has 1 N–H and O–H groups in total. The molecular formula is C18H26N2O. The molecule has 0 bridgehead atoms. The lowest BCUT2D eigenvalue weighted by atomic mass is 9.95. The van der Waals surface area contributed by atoms with Crippen LogP contribution >= 0.6 is 0 Å². The van der Waals surface area contributed by atoms with Crippen LogP contribution in [-0.2, 0) is 0 Å². The number of rotatable bonds is 3. The number of carbonyl (C=O) groups excluding carboxylic acids is 1. The summed E-state index contributed by atoms with van der Waals surface area (Å²) in [4.78, 5) is 15.2. The van der Waals surface area contributed by atoms with Gasteiger partial charge in [-0.2, -0.15) is 0 Å². The Labute approximate surface area is 127 Å². The molecule has 1 aliphatic heterocycles. The van der Waals surface area contributed by atoms with Crippen LogP contribution in [-0.4, -0.2) is 30.4 Å². The van der Waals surface area contributed by atoms with Crippen LogP contribution in [0.3, 0.4) is 0 Å². The van der Waals surface area contributed by atoms with Crippen LogP contribution in [0.1, 0.15) is 54.4 Å². The predicted molar refractivity (Wildman–Crippen MR) is 86.7 cm³/mol. The van der Waals surface area contributed by atoms with Crippen LogP contribution < -0.4 is 5.32 Å². The van der Waals surface area contributed by atoms with Gasteiger partial charge in [-0.05, 0) is 50.7 Å². The van der Waals surface area contributed by atoms with Gasteiger partial charge < -0.3 is 10.2 Å². The Balaban J connectivity index is 1.85. The summed E-state index contributed by atoms with van der Waals surface area (Å²) >= 11 is 0. The molecule has 1 amide bonds. The second-order valence-electron chi connectivity index (χ2n) is 6.55. The third-order valence-corrected chi connectivity index (χ3v) is 5.18. The van der Waals surface area contributed by atoms with Gasteiger partial charge in [0.2, 0.25) is 0 Å². The van der Waals surface area contributed by atoms with Gasteiger partial charge >= 0.3 is 0 Å². The van der Waals surface area contributed by atoms with Gasteiger partial charge in [0.1, 0.15) is 0 Å². The van der Waals surface area contributed by atoms with Crippen molar-refractivity contribution in [2.45, 2.75) is 51.5 Å². The molecule has 1 aromatic carbocycles. The number of likely N-dealkylation sites (tertiary alicyclic amines) is 1. The first-order valence-corrected chi connectivity index (χ1v) is 8.30. The van der Waals surface area contributed by atoms with Gasteiger partial charge in [0, 0.05) is 25.3 Å². The Morgan fingerprint density at radius 3 is 2.67 bits per heavy atom. The minimum atomic E-state index is 0.220. The average molecular weight is 286 g/mol. The lowest BCUT2D eigenvalue weighted by molar-refractivity contribution is 0.0690. The fourth-order valence-electron chi connectivity index (χ4n) is 4.08. The molecule has 0 spiro atoms. The first-order valence-electron chi connectivity index (χ1n) is 8.30. The number of nitrogens with zero attached hydrogens (tertiary/aromatic N) is 1. The maximum Gasteiger partial charge on any atom is 0.256 e. The maximum atomic E-state index is 13.0. The number of amides is 1. The summed E-state index contributed by atoms with van der Waals surface area (Å²) in [6, 6.07) is 6.58. The zero-order valence-electron chi connectivity index (χ0n) is 13.2. The summed E-state index contributed by atoms with van der Waals surface area (Å²) in [6.45, 7) is 2.98. The van der Waals surface area contributed by atoms with Gasteiger partial charge in [-0.1, -0.05) is 24.5 Å². The fraction of sp³-hybridized carbons (Fsp3) is 0.611. The van der Waals surface area contributed by atoms with E-state index in [4.69, 9.17) is 0 Å². The highest BCUT2D eigenvalue weighted by Gasteiger charge is 2.36. The Kier molecular flexibility index (Phi) is 4.18. The molecule has 3 heteroatoms. The van der Waals surface area contributed by atoms with Crippen LogP contribution in [0.15, 0.2) is 18.2 Å². The summed E-state index contributed by atoms with van der Waals surface area (Å²) in [5.74, 6) is 0.955. The summed E-state index contributed by atoms with van der Waals surface area (Å²) in [6.07, 6.45) is 7.65. The van der Waals surface area contributed by atoms with Crippen molar-refractivity contribution in [3.8, 4) is 0 Å². The number of hydrogen-bond donors (Lipinski definition) is 1. The molecule has 1 aromatic rings. The lowest BCUT2D eigenvalue weighted by Gasteiger charge is -2.30. The van der Waals surface area contributed by atoms with E-state index in [1.807, 2.05) is 19.2 Å². The molecule has 3 nitrogen and oxygen atoms in total. The van der Waals surface area contributed by atoms with Gasteiger partial charge in [-0.15, -0.1) is 0 Å². The van der Waals surface area contributed by atoms with E-state index in [1.165, 1.54) is 32.1 Å². The second-order valence-corrected chi connectivity index (χ2v) is 6.55. The van der Waals surface area contributed by atoms with Crippen LogP contribution in [0.4, 0.5) is 5.69 Å². The molecule has 1 atom stereocenters. The minimum absolute atomic E-state index is 0.220. The van der Waals surface area contributed by atoms with E-state index < -0.39 is 0 Å². The monoisotopic (exact) mass is 286 g/mol. The summed E-state index contributed by atoms with van der Waals surface area (Å²) in [5, 5.41) is 3.16. The Morgan fingerprint density at radius 1 is 1.19 bits per heavy atom. The summed E-state index contributed by atoms with van der Waals surface area (Å²) in [7, 11) is 1.89. The molecule has 21 heavy (non-hydrogen) atoms. The van der Waals surface area contributed by atoms with Crippen molar-refractivity contribution in [1.82, 2.24) is 4.90 Å². The van der Waals surface area contributed by atoms with Crippen LogP contribution in [0.2, 0.25) is 0 Å². The first-order chi connectivity index (χ1) is 10.2. The van der Waals surface area contributed by atoms with Crippen LogP contribution in [0.5, 0.6) is 0 Å². The second kappa shape index (κ2) is 6.08. The van der Waals surface area contributed by atoms with E-state index >= 15 is 0 Å². The Hall–Kier alpha value is -1.51. The van der Waals surface area contributed by atoms with E-state index in [0.717, 1.165) is 35.7 Å². The standard InChI is InChI=1S/C18H26N2O/c1-13-9-10-16(19-2)15(12-13)18(21)20-11-5-8-17(20)14-6-3-4-7-14/h9-10,12,14,17,19H,3-8,11H2,1-2H3. The maximum absolute atomic E-state index is 13.0. The molecular weight excluding hydrogens is 260 g/mol. The van der Waals surface area contributed by atoms with Gasteiger partial charge in [-0.25, -0.2) is 0 Å². The zero-order valence-corrected chi connectivity index (χ0v) is 13.2. The Bertz CT molecular complexity index is 520. The van der Waals surface area contributed by atoms with Crippen molar-refractivity contribution in [1.29, 1.82) is 0 Å². The van der Waals surface area contributed by atoms with Crippen LogP contribution in [0, 0.1) is 12.8 Å². The normalized spacial score (nSPS) is 22.8. The minimum Gasteiger partial charge on any atom is -0.387 e. The van der Waals surface area contributed by atoms with E-state index in [2.05, 4.69) is 23.2 Å². The highest BCUT2D eigenvalue weighted by Crippen LogP contribution is 2.36. The van der Waals surface area contributed by atoms with Crippen molar-refractivity contribution in [2.75, 3.05) is 18.9 Å². The van der Waals surface area contributed by atoms with E-state index in [9.17, 15) is 4.79 Å². The molecule has 1 unspecified atom stereocenters. The molecule has 0 aromatic heterocycles.